The first kappa shape index (κ1) is 5.03. The normalized spacial score (nSPS) is 22.1. The largest absolute Gasteiger partial charge is 0.440 e. The molecule has 0 unspecified atom stereocenters. The molecule has 42 valence electrons. The number of rotatable bonds is 0. The SMILES string of the molecule is C/C=C1\OC=NC1=O. The molecule has 3 heteroatoms. The zero-order valence-electron chi connectivity index (χ0n) is 4.42. The summed E-state index contributed by atoms with van der Waals surface area (Å²) >= 11 is 0. The number of amides is 1. The molecular formula is C5H5NO2. The second-order valence-corrected chi connectivity index (χ2v) is 1.31. The highest BCUT2D eigenvalue weighted by Crippen LogP contribution is 2.03. The lowest BCUT2D eigenvalue weighted by molar-refractivity contribution is -0.115. The Hall–Kier alpha value is -1.12. The van der Waals surface area contributed by atoms with Crippen LogP contribution in [0.15, 0.2) is 16.8 Å². The molecule has 1 aliphatic heterocycles. The van der Waals surface area contributed by atoms with E-state index in [0.29, 0.717) is 5.76 Å². The van der Waals surface area contributed by atoms with Crippen LogP contribution < -0.4 is 0 Å². The van der Waals surface area contributed by atoms with Crippen LogP contribution in [0.1, 0.15) is 6.92 Å². The topological polar surface area (TPSA) is 38.7 Å². The third kappa shape index (κ3) is 0.621. The Morgan fingerprint density at radius 1 is 1.88 bits per heavy atom. The molecule has 0 saturated carbocycles. The van der Waals surface area contributed by atoms with Gasteiger partial charge in [-0.1, -0.05) is 0 Å². The number of carbonyl (C=O) groups is 1. The number of allylic oxidation sites excluding steroid dienone is 1. The molecule has 0 atom stereocenters. The summed E-state index contributed by atoms with van der Waals surface area (Å²) in [4.78, 5) is 13.7. The van der Waals surface area contributed by atoms with Crippen LogP contribution in [-0.4, -0.2) is 12.3 Å². The van der Waals surface area contributed by atoms with Gasteiger partial charge in [-0.2, -0.15) is 4.99 Å². The summed E-state index contributed by atoms with van der Waals surface area (Å²) in [5.41, 5.74) is 0. The van der Waals surface area contributed by atoms with Crippen molar-refractivity contribution in [2.75, 3.05) is 0 Å². The molecular weight excluding hydrogens is 106 g/mol. The Bertz CT molecular complexity index is 169. The summed E-state index contributed by atoms with van der Waals surface area (Å²) in [6.45, 7) is 1.72. The number of nitrogens with zero attached hydrogens (tertiary/aromatic N) is 1. The fraction of sp³-hybridized carbons (Fsp3) is 0.200. The molecule has 1 amide bonds. The Balaban J connectivity index is 2.79. The highest BCUT2D eigenvalue weighted by atomic mass is 16.5. The highest BCUT2D eigenvalue weighted by molar-refractivity contribution is 6.00. The molecule has 0 bridgehead atoms. The number of hydrogen-bond donors (Lipinski definition) is 0. The number of carbonyl (C=O) groups excluding carboxylic acids is 1. The highest BCUT2D eigenvalue weighted by Gasteiger charge is 2.11. The smallest absolute Gasteiger partial charge is 0.315 e. The molecule has 0 saturated heterocycles. The van der Waals surface area contributed by atoms with Gasteiger partial charge in [-0.05, 0) is 13.0 Å². The van der Waals surface area contributed by atoms with Crippen molar-refractivity contribution in [1.29, 1.82) is 0 Å². The first-order valence-electron chi connectivity index (χ1n) is 2.24. The first-order chi connectivity index (χ1) is 3.84. The summed E-state index contributed by atoms with van der Waals surface area (Å²) in [6, 6.07) is 0. The quantitative estimate of drug-likeness (QED) is 0.426. The van der Waals surface area contributed by atoms with Gasteiger partial charge in [0, 0.05) is 0 Å². The molecule has 0 aromatic rings. The standard InChI is InChI=1S/C5H5NO2/c1-2-4-5(7)6-3-8-4/h2-3H,1H3/b4-2-. The van der Waals surface area contributed by atoms with Gasteiger partial charge in [0.15, 0.2) is 12.2 Å². The van der Waals surface area contributed by atoms with E-state index in [1.165, 1.54) is 0 Å². The third-order valence-corrected chi connectivity index (χ3v) is 0.823. The molecule has 8 heavy (non-hydrogen) atoms. The van der Waals surface area contributed by atoms with E-state index in [-0.39, 0.29) is 5.91 Å². The molecule has 1 heterocycles. The monoisotopic (exact) mass is 111 g/mol. The lowest BCUT2D eigenvalue weighted by Crippen LogP contribution is -1.90. The predicted octanol–water partition coefficient (Wildman–Crippen LogP) is 0.475. The van der Waals surface area contributed by atoms with Gasteiger partial charge in [0.2, 0.25) is 0 Å². The third-order valence-electron chi connectivity index (χ3n) is 0.823. The van der Waals surface area contributed by atoms with Crippen molar-refractivity contribution >= 4 is 12.3 Å². The summed E-state index contributed by atoms with van der Waals surface area (Å²) < 4.78 is 4.63. The molecule has 0 N–H and O–H groups in total. The maximum Gasteiger partial charge on any atom is 0.315 e. The molecule has 1 rings (SSSR count). The Morgan fingerprint density at radius 2 is 2.62 bits per heavy atom. The molecule has 0 aliphatic carbocycles. The van der Waals surface area contributed by atoms with Crippen LogP contribution >= 0.6 is 0 Å². The second kappa shape index (κ2) is 1.78. The van der Waals surface area contributed by atoms with E-state index in [0.717, 1.165) is 6.40 Å². The van der Waals surface area contributed by atoms with Crippen LogP contribution in [0.3, 0.4) is 0 Å². The maximum atomic E-state index is 10.4. The first-order valence-corrected chi connectivity index (χ1v) is 2.24. The van der Waals surface area contributed by atoms with Gasteiger partial charge in [0.05, 0.1) is 0 Å². The van der Waals surface area contributed by atoms with Crippen molar-refractivity contribution in [1.82, 2.24) is 0 Å². The van der Waals surface area contributed by atoms with E-state index < -0.39 is 0 Å². The minimum absolute atomic E-state index is 0.299. The summed E-state index contributed by atoms with van der Waals surface area (Å²) in [7, 11) is 0. The van der Waals surface area contributed by atoms with Crippen molar-refractivity contribution in [3.8, 4) is 0 Å². The van der Waals surface area contributed by atoms with Gasteiger partial charge >= 0.3 is 5.91 Å². The van der Waals surface area contributed by atoms with Gasteiger partial charge in [0.25, 0.3) is 0 Å². The van der Waals surface area contributed by atoms with Gasteiger partial charge in [-0.25, -0.2) is 0 Å². The fourth-order valence-electron chi connectivity index (χ4n) is 0.437. The van der Waals surface area contributed by atoms with E-state index in [4.69, 9.17) is 0 Å². The molecule has 0 aromatic heterocycles. The van der Waals surface area contributed by atoms with Crippen molar-refractivity contribution < 1.29 is 9.53 Å². The van der Waals surface area contributed by atoms with Crippen LogP contribution in [0, 0.1) is 0 Å². The van der Waals surface area contributed by atoms with E-state index in [2.05, 4.69) is 9.73 Å². The number of aliphatic imine (C=N–C) groups is 1. The lowest BCUT2D eigenvalue weighted by Gasteiger charge is -1.86. The summed E-state index contributed by atoms with van der Waals surface area (Å²) in [5, 5.41) is 0. The zero-order valence-corrected chi connectivity index (χ0v) is 4.42. The summed E-state index contributed by atoms with van der Waals surface area (Å²) in [5.74, 6) is 0.0116. The Labute approximate surface area is 46.7 Å². The number of ether oxygens (including phenoxy) is 1. The van der Waals surface area contributed by atoms with Crippen molar-refractivity contribution in [2.45, 2.75) is 6.92 Å². The Kier molecular flexibility index (Phi) is 1.12. The Morgan fingerprint density at radius 3 is 2.88 bits per heavy atom. The molecule has 0 aromatic carbocycles. The van der Waals surface area contributed by atoms with Gasteiger partial charge in [0.1, 0.15) is 0 Å². The van der Waals surface area contributed by atoms with E-state index in [9.17, 15) is 4.79 Å². The van der Waals surface area contributed by atoms with Crippen LogP contribution in [-0.2, 0) is 9.53 Å². The molecule has 0 spiro atoms. The van der Waals surface area contributed by atoms with Crippen LogP contribution in [0.25, 0.3) is 0 Å². The van der Waals surface area contributed by atoms with Crippen LogP contribution in [0.2, 0.25) is 0 Å². The van der Waals surface area contributed by atoms with Crippen molar-refractivity contribution in [3.63, 3.8) is 0 Å². The van der Waals surface area contributed by atoms with E-state index >= 15 is 0 Å². The van der Waals surface area contributed by atoms with Gasteiger partial charge in [-0.3, -0.25) is 4.79 Å². The van der Waals surface area contributed by atoms with Gasteiger partial charge in [-0.15, -0.1) is 0 Å². The zero-order chi connectivity index (χ0) is 5.98. The van der Waals surface area contributed by atoms with Crippen LogP contribution in [0.5, 0.6) is 0 Å². The van der Waals surface area contributed by atoms with Crippen LogP contribution in [0.4, 0.5) is 0 Å². The molecule has 0 radical (unpaired) electrons. The van der Waals surface area contributed by atoms with Crippen molar-refractivity contribution in [2.24, 2.45) is 4.99 Å². The van der Waals surface area contributed by atoms with E-state index in [1.54, 1.807) is 13.0 Å². The maximum absolute atomic E-state index is 10.4. The minimum Gasteiger partial charge on any atom is -0.440 e. The van der Waals surface area contributed by atoms with Gasteiger partial charge < -0.3 is 4.74 Å². The average Bonchev–Trinajstić information content (AvgIpc) is 2.14. The average molecular weight is 111 g/mol. The molecule has 3 nitrogen and oxygen atoms in total. The fourth-order valence-corrected chi connectivity index (χ4v) is 0.437. The van der Waals surface area contributed by atoms with Crippen molar-refractivity contribution in [3.05, 3.63) is 11.8 Å². The summed E-state index contributed by atoms with van der Waals surface area (Å²) in [6.07, 6.45) is 2.72. The van der Waals surface area contributed by atoms with E-state index in [1.807, 2.05) is 0 Å². The predicted molar refractivity (Wildman–Crippen MR) is 28.3 cm³/mol. The molecule has 1 aliphatic rings. The lowest BCUT2D eigenvalue weighted by atomic mass is 10.4. The minimum atomic E-state index is -0.299. The molecule has 0 fully saturated rings. The number of hydrogen-bond acceptors (Lipinski definition) is 2. The second-order valence-electron chi connectivity index (χ2n) is 1.31.